The maximum absolute atomic E-state index is 14.9. The fourth-order valence-corrected chi connectivity index (χ4v) is 4.16. The van der Waals surface area contributed by atoms with Crippen LogP contribution in [-0.2, 0) is 9.84 Å². The number of aromatic nitrogens is 2. The summed E-state index contributed by atoms with van der Waals surface area (Å²) in [6, 6.07) is 8.96. The molecule has 0 spiro atoms. The molecule has 3 aromatic rings. The van der Waals surface area contributed by atoms with Crippen LogP contribution >= 0.6 is 0 Å². The highest BCUT2D eigenvalue weighted by atomic mass is 32.2. The third kappa shape index (κ3) is 5.01. The van der Waals surface area contributed by atoms with Crippen molar-refractivity contribution in [2.45, 2.75) is 29.7 Å². The van der Waals surface area contributed by atoms with E-state index in [4.69, 9.17) is 5.73 Å². The van der Waals surface area contributed by atoms with Crippen molar-refractivity contribution in [3.8, 4) is 11.3 Å². The Morgan fingerprint density at radius 3 is 2.67 bits per heavy atom. The topological polar surface area (TPSA) is 135 Å². The van der Waals surface area contributed by atoms with Crippen LogP contribution in [0.15, 0.2) is 53.6 Å². The highest BCUT2D eigenvalue weighted by Gasteiger charge is 2.26. The van der Waals surface area contributed by atoms with Crippen molar-refractivity contribution < 1.29 is 22.7 Å². The molecule has 0 radical (unpaired) electrons. The summed E-state index contributed by atoms with van der Waals surface area (Å²) in [7, 11) is -3.47. The lowest BCUT2D eigenvalue weighted by molar-refractivity contribution is 0.0912. The maximum atomic E-state index is 14.9. The molecule has 1 unspecified atom stereocenters. The van der Waals surface area contributed by atoms with Gasteiger partial charge in [-0.3, -0.25) is 4.79 Å². The number of nitrogens with two attached hydrogens (primary N) is 1. The Kier molecular flexibility index (Phi) is 6.13. The van der Waals surface area contributed by atoms with Crippen molar-refractivity contribution in [3.05, 3.63) is 71.3 Å². The molecule has 1 amide bonds. The Labute approximate surface area is 190 Å². The molecule has 172 valence electrons. The molecular weight excluding hydrogens is 447 g/mol. The molecule has 0 aliphatic heterocycles. The summed E-state index contributed by atoms with van der Waals surface area (Å²) in [5, 5.41) is 12.3. The third-order valence-corrected chi connectivity index (χ3v) is 6.59. The van der Waals surface area contributed by atoms with Gasteiger partial charge in [0.2, 0.25) is 0 Å². The zero-order chi connectivity index (χ0) is 23.8. The Bertz CT molecular complexity index is 1330. The number of carbonyl (C=O) groups is 1. The highest BCUT2D eigenvalue weighted by molar-refractivity contribution is 7.90. The van der Waals surface area contributed by atoms with Crippen LogP contribution in [0.2, 0.25) is 0 Å². The first kappa shape index (κ1) is 22.8. The van der Waals surface area contributed by atoms with Crippen molar-refractivity contribution in [1.29, 1.82) is 0 Å². The van der Waals surface area contributed by atoms with Crippen molar-refractivity contribution in [1.82, 2.24) is 15.3 Å². The second kappa shape index (κ2) is 8.87. The van der Waals surface area contributed by atoms with Crippen molar-refractivity contribution >= 4 is 21.6 Å². The van der Waals surface area contributed by atoms with Gasteiger partial charge in [-0.05, 0) is 42.7 Å². The van der Waals surface area contributed by atoms with Crippen molar-refractivity contribution in [2.75, 3.05) is 18.6 Å². The third-order valence-electron chi connectivity index (χ3n) is 5.48. The van der Waals surface area contributed by atoms with E-state index in [0.717, 1.165) is 24.8 Å². The molecule has 10 heteroatoms. The lowest BCUT2D eigenvalue weighted by atomic mass is 10.0. The standard InChI is InChI=1S/C23H23FN4O4S/c1-33(31,32)16-4-2-3-14(9-16)20(12-29)28-23(30)17-8-7-15(10-18(17)24)21-22(25)26-11-19(27-21)13-5-6-13/h2-4,7-11,13,20,29H,5-6,12H2,1H3,(H2,25,26)(H,28,30). The van der Waals surface area contributed by atoms with E-state index in [0.29, 0.717) is 22.7 Å². The smallest absolute Gasteiger partial charge is 0.254 e. The van der Waals surface area contributed by atoms with Gasteiger partial charge < -0.3 is 16.2 Å². The first-order valence-corrected chi connectivity index (χ1v) is 12.2. The van der Waals surface area contributed by atoms with E-state index in [9.17, 15) is 22.7 Å². The highest BCUT2D eigenvalue weighted by Crippen LogP contribution is 2.40. The van der Waals surface area contributed by atoms with Gasteiger partial charge in [0.15, 0.2) is 9.84 Å². The number of nitrogens with one attached hydrogen (secondary N) is 1. The molecule has 1 aliphatic carbocycles. The maximum Gasteiger partial charge on any atom is 0.254 e. The van der Waals surface area contributed by atoms with Gasteiger partial charge in [0.1, 0.15) is 17.3 Å². The number of amides is 1. The monoisotopic (exact) mass is 470 g/mol. The molecule has 1 saturated carbocycles. The molecule has 1 fully saturated rings. The summed E-state index contributed by atoms with van der Waals surface area (Å²) in [5.74, 6) is -1.02. The molecule has 1 atom stereocenters. The molecule has 1 aromatic heterocycles. The number of hydrogen-bond donors (Lipinski definition) is 3. The molecule has 0 saturated heterocycles. The van der Waals surface area contributed by atoms with Crippen LogP contribution in [-0.4, -0.2) is 42.3 Å². The molecular formula is C23H23FN4O4S. The molecule has 8 nitrogen and oxygen atoms in total. The summed E-state index contributed by atoms with van der Waals surface area (Å²) in [6.07, 6.45) is 4.75. The number of anilines is 1. The minimum absolute atomic E-state index is 0.0513. The van der Waals surface area contributed by atoms with Crippen molar-refractivity contribution in [3.63, 3.8) is 0 Å². The van der Waals surface area contributed by atoms with Gasteiger partial charge >= 0.3 is 0 Å². The number of halogens is 1. The van der Waals surface area contributed by atoms with E-state index in [1.54, 1.807) is 12.3 Å². The number of carbonyl (C=O) groups excluding carboxylic acids is 1. The largest absolute Gasteiger partial charge is 0.394 e. The van der Waals surface area contributed by atoms with Crippen LogP contribution in [0.1, 0.15) is 46.4 Å². The summed E-state index contributed by atoms with van der Waals surface area (Å²) >= 11 is 0. The minimum Gasteiger partial charge on any atom is -0.394 e. The Hall–Kier alpha value is -3.37. The number of rotatable bonds is 7. The number of sulfone groups is 1. The number of aliphatic hydroxyl groups excluding tert-OH is 1. The van der Waals surface area contributed by atoms with E-state index >= 15 is 0 Å². The zero-order valence-electron chi connectivity index (χ0n) is 17.8. The molecule has 1 aliphatic rings. The summed E-state index contributed by atoms with van der Waals surface area (Å²) in [4.78, 5) is 21.4. The number of nitrogen functional groups attached to an aromatic ring is 1. The first-order chi connectivity index (χ1) is 15.7. The Morgan fingerprint density at radius 2 is 2.03 bits per heavy atom. The second-order valence-electron chi connectivity index (χ2n) is 8.05. The van der Waals surface area contributed by atoms with E-state index in [-0.39, 0.29) is 16.3 Å². The van der Waals surface area contributed by atoms with E-state index in [2.05, 4.69) is 15.3 Å². The van der Waals surface area contributed by atoms with E-state index in [1.807, 2.05) is 0 Å². The zero-order valence-corrected chi connectivity index (χ0v) is 18.6. The van der Waals surface area contributed by atoms with Crippen LogP contribution in [0.4, 0.5) is 10.2 Å². The summed E-state index contributed by atoms with van der Waals surface area (Å²) in [5.41, 5.74) is 7.65. The molecule has 4 rings (SSSR count). The predicted octanol–water partition coefficient (Wildman–Crippen LogP) is 2.61. The number of benzene rings is 2. The lowest BCUT2D eigenvalue weighted by Gasteiger charge is -2.18. The fourth-order valence-electron chi connectivity index (χ4n) is 3.48. The van der Waals surface area contributed by atoms with E-state index < -0.39 is 34.2 Å². The molecule has 1 heterocycles. The Balaban J connectivity index is 1.57. The predicted molar refractivity (Wildman–Crippen MR) is 121 cm³/mol. The average molecular weight is 471 g/mol. The normalized spacial score (nSPS) is 14.6. The molecule has 2 aromatic carbocycles. The first-order valence-electron chi connectivity index (χ1n) is 10.3. The summed E-state index contributed by atoms with van der Waals surface area (Å²) < 4.78 is 38.5. The quantitative estimate of drug-likeness (QED) is 0.483. The van der Waals surface area contributed by atoms with E-state index in [1.165, 1.54) is 36.4 Å². The average Bonchev–Trinajstić information content (AvgIpc) is 3.62. The van der Waals surface area contributed by atoms with Gasteiger partial charge in [-0.15, -0.1) is 0 Å². The van der Waals surface area contributed by atoms with Crippen LogP contribution in [0.3, 0.4) is 0 Å². The fraction of sp³-hybridized carbons (Fsp3) is 0.261. The van der Waals surface area contributed by atoms with Crippen LogP contribution in [0.5, 0.6) is 0 Å². The molecule has 0 bridgehead atoms. The van der Waals surface area contributed by atoms with Gasteiger partial charge in [0.05, 0.1) is 35.0 Å². The van der Waals surface area contributed by atoms with Gasteiger partial charge in [0.25, 0.3) is 5.91 Å². The van der Waals surface area contributed by atoms with Crippen LogP contribution in [0.25, 0.3) is 11.3 Å². The minimum atomic E-state index is -3.47. The second-order valence-corrected chi connectivity index (χ2v) is 10.1. The molecule has 4 N–H and O–H groups in total. The number of hydrogen-bond acceptors (Lipinski definition) is 7. The van der Waals surface area contributed by atoms with Gasteiger partial charge in [-0.2, -0.15) is 0 Å². The number of aliphatic hydroxyl groups is 1. The SMILES string of the molecule is CS(=O)(=O)c1cccc(C(CO)NC(=O)c2ccc(-c3nc(C4CC4)cnc3N)cc2F)c1. The van der Waals surface area contributed by atoms with Gasteiger partial charge in [0, 0.05) is 17.7 Å². The van der Waals surface area contributed by atoms with Gasteiger partial charge in [-0.1, -0.05) is 18.2 Å². The number of nitrogens with zero attached hydrogens (tertiary/aromatic N) is 2. The summed E-state index contributed by atoms with van der Waals surface area (Å²) in [6.45, 7) is -0.501. The van der Waals surface area contributed by atoms with Crippen LogP contribution < -0.4 is 11.1 Å². The molecule has 33 heavy (non-hydrogen) atoms. The van der Waals surface area contributed by atoms with Crippen molar-refractivity contribution in [2.24, 2.45) is 0 Å². The van der Waals surface area contributed by atoms with Gasteiger partial charge in [-0.25, -0.2) is 22.8 Å². The lowest BCUT2D eigenvalue weighted by Crippen LogP contribution is -2.31. The Morgan fingerprint density at radius 1 is 1.27 bits per heavy atom. The van der Waals surface area contributed by atoms with Crippen LogP contribution in [0, 0.1) is 5.82 Å².